The maximum atomic E-state index is 11.5. The van der Waals surface area contributed by atoms with Gasteiger partial charge < -0.3 is 9.94 Å². The van der Waals surface area contributed by atoms with Crippen molar-refractivity contribution in [3.05, 3.63) is 35.9 Å². The largest absolute Gasteiger partial charge is 0.463 e. The number of methoxy groups -OCH3 is 1. The van der Waals surface area contributed by atoms with Crippen molar-refractivity contribution in [2.75, 3.05) is 7.11 Å². The molecule has 0 saturated heterocycles. The van der Waals surface area contributed by atoms with Crippen LogP contribution in [0.3, 0.4) is 0 Å². The molecule has 0 saturated carbocycles. The number of rotatable bonds is 1. The van der Waals surface area contributed by atoms with Gasteiger partial charge in [-0.25, -0.2) is 4.79 Å². The van der Waals surface area contributed by atoms with Crippen LogP contribution in [0.5, 0.6) is 0 Å². The Bertz CT molecular complexity index is 414. The molecule has 1 aromatic rings. The molecule has 1 amide bonds. The van der Waals surface area contributed by atoms with E-state index < -0.39 is 17.7 Å². The molecule has 84 valence electrons. The van der Waals surface area contributed by atoms with Gasteiger partial charge in [0, 0.05) is 5.56 Å². The number of benzene rings is 1. The zero-order valence-corrected chi connectivity index (χ0v) is 8.51. The van der Waals surface area contributed by atoms with Crippen molar-refractivity contribution in [2.45, 2.75) is 0 Å². The van der Waals surface area contributed by atoms with E-state index in [0.717, 1.165) is 7.11 Å². The summed E-state index contributed by atoms with van der Waals surface area (Å²) in [6.45, 7) is 0. The summed E-state index contributed by atoms with van der Waals surface area (Å²) in [6.07, 6.45) is 0. The topological polar surface area (TPSA) is 88.0 Å². The molecule has 16 heavy (non-hydrogen) atoms. The number of ether oxygens (including phenoxy) is 1. The third-order valence-corrected chi connectivity index (χ3v) is 1.75. The lowest BCUT2D eigenvalue weighted by Gasteiger charge is -2.04. The average Bonchev–Trinajstić information content (AvgIpc) is 2.35. The molecule has 2 N–H and O–H groups in total. The summed E-state index contributed by atoms with van der Waals surface area (Å²) in [7, 11) is 1.11. The van der Waals surface area contributed by atoms with Crippen molar-refractivity contribution >= 4 is 17.7 Å². The van der Waals surface area contributed by atoms with Crippen LogP contribution in [-0.4, -0.2) is 30.0 Å². The van der Waals surface area contributed by atoms with E-state index in [1.807, 2.05) is 0 Å². The van der Waals surface area contributed by atoms with E-state index in [2.05, 4.69) is 15.2 Å². The number of hydrogen-bond acceptors (Lipinski definition) is 5. The predicted octanol–water partition coefficient (Wildman–Crippen LogP) is 0.377. The van der Waals surface area contributed by atoms with Crippen molar-refractivity contribution in [2.24, 2.45) is 5.16 Å². The molecule has 0 heterocycles. The van der Waals surface area contributed by atoms with Crippen molar-refractivity contribution in [3.8, 4) is 0 Å². The molecule has 0 radical (unpaired) electrons. The molecule has 0 spiro atoms. The first kappa shape index (κ1) is 11.7. The second kappa shape index (κ2) is 5.50. The Hall–Kier alpha value is -2.37. The van der Waals surface area contributed by atoms with E-state index in [1.165, 1.54) is 0 Å². The molecule has 0 bridgehead atoms. The van der Waals surface area contributed by atoms with E-state index in [9.17, 15) is 9.59 Å². The maximum absolute atomic E-state index is 11.5. The van der Waals surface area contributed by atoms with Gasteiger partial charge in [0.15, 0.2) is 0 Å². The van der Waals surface area contributed by atoms with E-state index in [4.69, 9.17) is 5.21 Å². The molecule has 0 unspecified atom stereocenters. The quantitative estimate of drug-likeness (QED) is 0.236. The average molecular weight is 222 g/mol. The lowest BCUT2D eigenvalue weighted by Crippen LogP contribution is -2.36. The second-order valence-corrected chi connectivity index (χ2v) is 2.76. The summed E-state index contributed by atoms with van der Waals surface area (Å²) >= 11 is 0. The number of carbonyl (C=O) groups excluding carboxylic acids is 2. The monoisotopic (exact) mass is 222 g/mol. The molecular formula is C10H10N2O4. The third-order valence-electron chi connectivity index (χ3n) is 1.75. The molecule has 0 aliphatic rings. The lowest BCUT2D eigenvalue weighted by atomic mass is 10.2. The van der Waals surface area contributed by atoms with Crippen LogP contribution in [-0.2, 0) is 9.53 Å². The fourth-order valence-electron chi connectivity index (χ4n) is 0.983. The van der Waals surface area contributed by atoms with Gasteiger partial charge in [-0.3, -0.25) is 10.1 Å². The van der Waals surface area contributed by atoms with Crippen LogP contribution in [0.25, 0.3) is 0 Å². The molecule has 0 aromatic heterocycles. The Kier molecular flexibility index (Phi) is 4.02. The first-order valence-corrected chi connectivity index (χ1v) is 4.35. The number of amidine groups is 1. The van der Waals surface area contributed by atoms with Crippen LogP contribution in [0, 0.1) is 0 Å². The first-order chi connectivity index (χ1) is 7.69. The van der Waals surface area contributed by atoms with E-state index in [0.29, 0.717) is 5.56 Å². The molecule has 1 rings (SSSR count). The summed E-state index contributed by atoms with van der Waals surface area (Å²) in [6, 6.07) is 8.20. The van der Waals surface area contributed by atoms with Gasteiger partial charge in [0.25, 0.3) is 11.7 Å². The van der Waals surface area contributed by atoms with Crippen LogP contribution in [0.1, 0.15) is 10.4 Å². The van der Waals surface area contributed by atoms with Gasteiger partial charge in [-0.2, -0.15) is 0 Å². The highest BCUT2D eigenvalue weighted by atomic mass is 16.5. The summed E-state index contributed by atoms with van der Waals surface area (Å²) in [4.78, 5) is 22.5. The summed E-state index contributed by atoms with van der Waals surface area (Å²) < 4.78 is 4.30. The summed E-state index contributed by atoms with van der Waals surface area (Å²) in [5.74, 6) is -2.04. The predicted molar refractivity (Wildman–Crippen MR) is 55.1 cm³/mol. The third kappa shape index (κ3) is 2.81. The van der Waals surface area contributed by atoms with Gasteiger partial charge in [-0.05, 0) is 12.1 Å². The molecule has 0 aliphatic heterocycles. The lowest BCUT2D eigenvalue weighted by molar-refractivity contribution is -0.133. The minimum atomic E-state index is -0.924. The van der Waals surface area contributed by atoms with Crippen molar-refractivity contribution in [1.29, 1.82) is 0 Å². The highest BCUT2D eigenvalue weighted by Crippen LogP contribution is 1.97. The Balaban J connectivity index is 2.75. The summed E-state index contributed by atoms with van der Waals surface area (Å²) in [5.41, 5.74) is 0.340. The molecule has 0 atom stereocenters. The number of hydrogen-bond donors (Lipinski definition) is 2. The Morgan fingerprint density at radius 2 is 1.94 bits per heavy atom. The van der Waals surface area contributed by atoms with Crippen molar-refractivity contribution in [1.82, 2.24) is 5.32 Å². The Morgan fingerprint density at radius 1 is 1.31 bits per heavy atom. The van der Waals surface area contributed by atoms with Crippen molar-refractivity contribution in [3.63, 3.8) is 0 Å². The minimum Gasteiger partial charge on any atom is -0.463 e. The standard InChI is InChI=1S/C10H10N2O4/c1-16-10(14)8(12-15)11-9(13)7-5-3-2-4-6-7/h2-6,15H,1H3,(H,11,12,13). The highest BCUT2D eigenvalue weighted by Gasteiger charge is 2.16. The van der Waals surface area contributed by atoms with Crippen molar-refractivity contribution < 1.29 is 19.5 Å². The van der Waals surface area contributed by atoms with Crippen LogP contribution in [0.4, 0.5) is 0 Å². The fraction of sp³-hybridized carbons (Fsp3) is 0.100. The van der Waals surface area contributed by atoms with Gasteiger partial charge >= 0.3 is 5.97 Å². The number of nitrogens with zero attached hydrogens (tertiary/aromatic N) is 1. The van der Waals surface area contributed by atoms with E-state index in [-0.39, 0.29) is 0 Å². The SMILES string of the molecule is COC(=O)/C(=N/O)NC(=O)c1ccccc1. The summed E-state index contributed by atoms with van der Waals surface area (Å²) in [5, 5.41) is 13.3. The highest BCUT2D eigenvalue weighted by molar-refractivity contribution is 6.38. The van der Waals surface area contributed by atoms with Crippen LogP contribution in [0.2, 0.25) is 0 Å². The number of oxime groups is 1. The number of nitrogens with one attached hydrogen (secondary N) is 1. The normalized spacial score (nSPS) is 10.7. The number of esters is 1. The zero-order chi connectivity index (χ0) is 12.0. The molecule has 0 aliphatic carbocycles. The van der Waals surface area contributed by atoms with Gasteiger partial charge in [0.05, 0.1) is 7.11 Å². The molecular weight excluding hydrogens is 212 g/mol. The first-order valence-electron chi connectivity index (χ1n) is 4.35. The Morgan fingerprint density at radius 3 is 2.44 bits per heavy atom. The minimum absolute atomic E-state index is 0.340. The second-order valence-electron chi connectivity index (χ2n) is 2.76. The number of amides is 1. The van der Waals surface area contributed by atoms with E-state index >= 15 is 0 Å². The van der Waals surface area contributed by atoms with Gasteiger partial charge in [-0.1, -0.05) is 23.4 Å². The van der Waals surface area contributed by atoms with Gasteiger partial charge in [0.1, 0.15) is 0 Å². The number of carbonyl (C=O) groups is 2. The zero-order valence-electron chi connectivity index (χ0n) is 8.51. The molecule has 6 heteroatoms. The van der Waals surface area contributed by atoms with Gasteiger partial charge in [0.2, 0.25) is 0 Å². The van der Waals surface area contributed by atoms with Crippen LogP contribution < -0.4 is 5.32 Å². The maximum Gasteiger partial charge on any atom is 0.377 e. The van der Waals surface area contributed by atoms with Crippen LogP contribution >= 0.6 is 0 Å². The van der Waals surface area contributed by atoms with Gasteiger partial charge in [-0.15, -0.1) is 0 Å². The molecule has 1 aromatic carbocycles. The molecule has 0 fully saturated rings. The Labute approximate surface area is 91.5 Å². The van der Waals surface area contributed by atoms with Crippen LogP contribution in [0.15, 0.2) is 35.5 Å². The fourth-order valence-corrected chi connectivity index (χ4v) is 0.983. The molecule has 6 nitrogen and oxygen atoms in total. The van der Waals surface area contributed by atoms with E-state index in [1.54, 1.807) is 30.3 Å². The smallest absolute Gasteiger partial charge is 0.377 e.